The molecule has 0 unspecified atom stereocenters. The zero-order valence-corrected chi connectivity index (χ0v) is 8.76. The van der Waals surface area contributed by atoms with Gasteiger partial charge in [0.1, 0.15) is 0 Å². The van der Waals surface area contributed by atoms with E-state index >= 15 is 0 Å². The number of halogens is 1. The predicted molar refractivity (Wildman–Crippen MR) is 56.9 cm³/mol. The van der Waals surface area contributed by atoms with Crippen LogP contribution in [0.5, 0.6) is 5.88 Å². The monoisotopic (exact) mass is 210 g/mol. The minimum absolute atomic E-state index is 0.138. The van der Waals surface area contributed by atoms with E-state index in [0.717, 1.165) is 11.2 Å². The molecule has 74 valence electrons. The molecule has 0 aliphatic rings. The van der Waals surface area contributed by atoms with Crippen molar-refractivity contribution >= 4 is 22.5 Å². The van der Waals surface area contributed by atoms with E-state index in [1.165, 1.54) is 0 Å². The third-order valence-electron chi connectivity index (χ3n) is 2.19. The van der Waals surface area contributed by atoms with Crippen LogP contribution in [0.1, 0.15) is 25.5 Å². The molecule has 2 rings (SSSR count). The highest BCUT2D eigenvalue weighted by Gasteiger charge is 2.13. The van der Waals surface area contributed by atoms with Gasteiger partial charge in [-0.05, 0) is 12.0 Å². The molecule has 0 spiro atoms. The minimum Gasteiger partial charge on any atom is -0.494 e. The van der Waals surface area contributed by atoms with Crippen LogP contribution >= 0.6 is 11.6 Å². The first-order chi connectivity index (χ1) is 6.59. The fourth-order valence-corrected chi connectivity index (χ4v) is 1.66. The summed E-state index contributed by atoms with van der Waals surface area (Å²) in [6.07, 6.45) is 1.59. The number of aromatic hydroxyl groups is 1. The standard InChI is InChI=1S/C10H11ClN2O/c1-5(2)8-9-7(10(14)13-8)3-6(11)4-12-9/h3-5,13-14H,1-2H3. The Morgan fingerprint density at radius 3 is 2.86 bits per heavy atom. The van der Waals surface area contributed by atoms with Crippen molar-refractivity contribution in [1.29, 1.82) is 0 Å². The second-order valence-electron chi connectivity index (χ2n) is 3.59. The van der Waals surface area contributed by atoms with Crippen molar-refractivity contribution in [3.8, 4) is 5.88 Å². The minimum atomic E-state index is 0.138. The molecule has 2 aromatic heterocycles. The van der Waals surface area contributed by atoms with Crippen LogP contribution in [0.3, 0.4) is 0 Å². The van der Waals surface area contributed by atoms with Crippen LogP contribution < -0.4 is 0 Å². The van der Waals surface area contributed by atoms with E-state index in [1.807, 2.05) is 13.8 Å². The molecule has 2 heterocycles. The van der Waals surface area contributed by atoms with Crippen LogP contribution in [-0.2, 0) is 0 Å². The van der Waals surface area contributed by atoms with Crippen LogP contribution in [0.4, 0.5) is 0 Å². The number of aromatic nitrogens is 2. The van der Waals surface area contributed by atoms with Crippen LogP contribution in [-0.4, -0.2) is 15.1 Å². The Balaban J connectivity index is 2.77. The maximum absolute atomic E-state index is 9.61. The number of hydrogen-bond donors (Lipinski definition) is 2. The molecule has 4 heteroatoms. The fourth-order valence-electron chi connectivity index (χ4n) is 1.51. The Hall–Kier alpha value is -1.22. The van der Waals surface area contributed by atoms with Crippen molar-refractivity contribution in [2.24, 2.45) is 0 Å². The molecular weight excluding hydrogens is 200 g/mol. The molecule has 0 saturated carbocycles. The van der Waals surface area contributed by atoms with Gasteiger partial charge in [0.05, 0.1) is 15.9 Å². The van der Waals surface area contributed by atoms with E-state index in [2.05, 4.69) is 9.97 Å². The van der Waals surface area contributed by atoms with E-state index in [-0.39, 0.29) is 5.88 Å². The molecule has 0 atom stereocenters. The number of rotatable bonds is 1. The quantitative estimate of drug-likeness (QED) is 0.760. The van der Waals surface area contributed by atoms with Gasteiger partial charge in [0.15, 0.2) is 5.88 Å². The molecule has 0 aliphatic heterocycles. The predicted octanol–water partition coefficient (Wildman–Crippen LogP) is 3.05. The number of fused-ring (bicyclic) bond motifs is 1. The number of nitrogens with one attached hydrogen (secondary N) is 1. The van der Waals surface area contributed by atoms with Crippen molar-refractivity contribution < 1.29 is 5.11 Å². The molecule has 0 amide bonds. The van der Waals surface area contributed by atoms with Gasteiger partial charge in [-0.25, -0.2) is 0 Å². The molecule has 0 radical (unpaired) electrons. The lowest BCUT2D eigenvalue weighted by atomic mass is 10.1. The molecule has 14 heavy (non-hydrogen) atoms. The third-order valence-corrected chi connectivity index (χ3v) is 2.40. The van der Waals surface area contributed by atoms with Crippen LogP contribution in [0.15, 0.2) is 12.3 Å². The highest BCUT2D eigenvalue weighted by molar-refractivity contribution is 6.31. The molecule has 2 N–H and O–H groups in total. The van der Waals surface area contributed by atoms with Gasteiger partial charge in [0, 0.05) is 11.9 Å². The second kappa shape index (κ2) is 3.17. The van der Waals surface area contributed by atoms with E-state index in [1.54, 1.807) is 12.3 Å². The lowest BCUT2D eigenvalue weighted by Gasteiger charge is -2.00. The van der Waals surface area contributed by atoms with E-state index < -0.39 is 0 Å². The molecule has 0 aliphatic carbocycles. The molecule has 0 fully saturated rings. The Morgan fingerprint density at radius 2 is 2.21 bits per heavy atom. The number of aromatic amines is 1. The van der Waals surface area contributed by atoms with Crippen molar-refractivity contribution in [1.82, 2.24) is 9.97 Å². The number of hydrogen-bond acceptors (Lipinski definition) is 2. The summed E-state index contributed by atoms with van der Waals surface area (Å²) in [7, 11) is 0. The van der Waals surface area contributed by atoms with Gasteiger partial charge in [-0.2, -0.15) is 0 Å². The summed E-state index contributed by atoms with van der Waals surface area (Å²) in [5.74, 6) is 0.436. The number of pyridine rings is 1. The Morgan fingerprint density at radius 1 is 1.50 bits per heavy atom. The highest BCUT2D eigenvalue weighted by atomic mass is 35.5. The lowest BCUT2D eigenvalue weighted by molar-refractivity contribution is 0.460. The van der Waals surface area contributed by atoms with Gasteiger partial charge in [-0.3, -0.25) is 4.98 Å². The molecular formula is C10H11ClN2O. The topological polar surface area (TPSA) is 48.9 Å². The van der Waals surface area contributed by atoms with Gasteiger partial charge in [0.25, 0.3) is 0 Å². The Bertz CT molecular complexity index is 476. The summed E-state index contributed by atoms with van der Waals surface area (Å²) < 4.78 is 0. The third kappa shape index (κ3) is 1.34. The van der Waals surface area contributed by atoms with Gasteiger partial charge in [-0.15, -0.1) is 0 Å². The second-order valence-corrected chi connectivity index (χ2v) is 4.03. The largest absolute Gasteiger partial charge is 0.494 e. The molecule has 2 aromatic rings. The summed E-state index contributed by atoms with van der Waals surface area (Å²) in [6, 6.07) is 1.71. The smallest absolute Gasteiger partial charge is 0.198 e. The van der Waals surface area contributed by atoms with Gasteiger partial charge in [-0.1, -0.05) is 25.4 Å². The van der Waals surface area contributed by atoms with Crippen molar-refractivity contribution in [3.63, 3.8) is 0 Å². The van der Waals surface area contributed by atoms with Crippen molar-refractivity contribution in [2.45, 2.75) is 19.8 Å². The summed E-state index contributed by atoms with van der Waals surface area (Å²) in [5, 5.41) is 10.8. The van der Waals surface area contributed by atoms with Crippen LogP contribution in [0.2, 0.25) is 5.02 Å². The lowest BCUT2D eigenvalue weighted by Crippen LogP contribution is -1.88. The van der Waals surface area contributed by atoms with Gasteiger partial charge < -0.3 is 10.1 Å². The van der Waals surface area contributed by atoms with Crippen LogP contribution in [0.25, 0.3) is 10.9 Å². The normalized spacial score (nSPS) is 11.4. The molecule has 3 nitrogen and oxygen atoms in total. The molecule has 0 bridgehead atoms. The average Bonchev–Trinajstić information content (AvgIpc) is 2.44. The zero-order valence-electron chi connectivity index (χ0n) is 8.00. The van der Waals surface area contributed by atoms with Crippen molar-refractivity contribution in [3.05, 3.63) is 23.0 Å². The number of H-pyrrole nitrogens is 1. The summed E-state index contributed by atoms with van der Waals surface area (Å²) in [4.78, 5) is 7.11. The van der Waals surface area contributed by atoms with Crippen molar-refractivity contribution in [2.75, 3.05) is 0 Å². The average molecular weight is 211 g/mol. The molecule has 0 aromatic carbocycles. The Labute approximate surface area is 86.7 Å². The highest BCUT2D eigenvalue weighted by Crippen LogP contribution is 2.31. The molecule has 0 saturated heterocycles. The van der Waals surface area contributed by atoms with E-state index in [0.29, 0.717) is 16.3 Å². The SMILES string of the molecule is CC(C)c1[nH]c(O)c2cc(Cl)cnc12. The summed E-state index contributed by atoms with van der Waals surface area (Å²) >= 11 is 5.79. The van der Waals surface area contributed by atoms with E-state index in [9.17, 15) is 5.11 Å². The fraction of sp³-hybridized carbons (Fsp3) is 0.300. The van der Waals surface area contributed by atoms with Gasteiger partial charge >= 0.3 is 0 Å². The summed E-state index contributed by atoms with van der Waals surface area (Å²) in [6.45, 7) is 4.09. The summed E-state index contributed by atoms with van der Waals surface area (Å²) in [5.41, 5.74) is 1.73. The first-order valence-electron chi connectivity index (χ1n) is 4.45. The van der Waals surface area contributed by atoms with Gasteiger partial charge in [0.2, 0.25) is 0 Å². The Kier molecular flexibility index (Phi) is 2.11. The van der Waals surface area contributed by atoms with E-state index in [4.69, 9.17) is 11.6 Å². The maximum atomic E-state index is 9.61. The van der Waals surface area contributed by atoms with Crippen LogP contribution in [0, 0.1) is 0 Å². The first-order valence-corrected chi connectivity index (χ1v) is 4.83. The maximum Gasteiger partial charge on any atom is 0.198 e. The zero-order chi connectivity index (χ0) is 10.3. The number of nitrogens with zero attached hydrogens (tertiary/aromatic N) is 1. The first kappa shape index (κ1) is 9.34.